The van der Waals surface area contributed by atoms with Crippen LogP contribution in [-0.2, 0) is 11.8 Å². The number of hydrogen-bond donors (Lipinski definition) is 1. The first-order valence-electron chi connectivity index (χ1n) is 11.8. The zero-order valence-corrected chi connectivity index (χ0v) is 19.9. The van der Waals surface area contributed by atoms with Crippen LogP contribution in [0.1, 0.15) is 30.7 Å². The Labute approximate surface area is 207 Å². The molecule has 2 fully saturated rings. The highest BCUT2D eigenvalue weighted by Gasteiger charge is 2.46. The number of imide groups is 1. The zero-order valence-electron chi connectivity index (χ0n) is 19.2. The quantitative estimate of drug-likeness (QED) is 0.427. The first-order valence-corrected chi connectivity index (χ1v) is 12.1. The maximum Gasteiger partial charge on any atom is 0.329 e. The molecule has 3 heterocycles. The van der Waals surface area contributed by atoms with Gasteiger partial charge in [0.15, 0.2) is 0 Å². The third-order valence-corrected chi connectivity index (χ3v) is 7.59. The fourth-order valence-electron chi connectivity index (χ4n) is 5.65. The maximum absolute atomic E-state index is 13.6. The molecule has 2 aromatic carbocycles. The summed E-state index contributed by atoms with van der Waals surface area (Å²) in [6.07, 6.45) is 9.27. The van der Waals surface area contributed by atoms with Crippen LogP contribution in [0.3, 0.4) is 0 Å². The van der Waals surface area contributed by atoms with Crippen molar-refractivity contribution in [3.05, 3.63) is 77.8 Å². The number of nitrogens with one attached hydrogen (secondary N) is 1. The monoisotopic (exact) mass is 485 g/mol. The molecule has 3 unspecified atom stereocenters. The number of benzene rings is 2. The molecular formula is C27H24ClN5O2. The maximum atomic E-state index is 13.6. The highest BCUT2D eigenvalue weighted by Crippen LogP contribution is 2.45. The molecule has 1 saturated carbocycles. The van der Waals surface area contributed by atoms with Crippen LogP contribution in [0.25, 0.3) is 21.9 Å². The normalized spacial score (nSPS) is 22.2. The number of amides is 3. The topological polar surface area (TPSA) is 80.1 Å². The summed E-state index contributed by atoms with van der Waals surface area (Å²) < 4.78 is 1.77. The average molecular weight is 486 g/mol. The lowest BCUT2D eigenvalue weighted by molar-refractivity contribution is -0.124. The summed E-state index contributed by atoms with van der Waals surface area (Å²) >= 11 is 6.71. The van der Waals surface area contributed by atoms with E-state index in [4.69, 9.17) is 11.6 Å². The number of carbonyl (C=O) groups excluding carboxylic acids is 2. The lowest BCUT2D eigenvalue weighted by Gasteiger charge is -2.43. The second-order valence-corrected chi connectivity index (χ2v) is 9.74. The van der Waals surface area contributed by atoms with E-state index in [2.05, 4.69) is 21.5 Å². The van der Waals surface area contributed by atoms with Crippen molar-refractivity contribution in [1.29, 1.82) is 0 Å². The number of anilines is 1. The molecule has 1 aliphatic heterocycles. The van der Waals surface area contributed by atoms with Crippen molar-refractivity contribution in [2.75, 3.05) is 4.90 Å². The van der Waals surface area contributed by atoms with Crippen LogP contribution in [-0.4, -0.2) is 32.7 Å². The Bertz CT molecular complexity index is 1460. The summed E-state index contributed by atoms with van der Waals surface area (Å²) in [4.78, 5) is 32.4. The molecule has 2 aliphatic rings. The van der Waals surface area contributed by atoms with E-state index in [-0.39, 0.29) is 23.8 Å². The molecule has 176 valence electrons. The van der Waals surface area contributed by atoms with Gasteiger partial charge in [-0.1, -0.05) is 48.0 Å². The van der Waals surface area contributed by atoms with E-state index in [1.54, 1.807) is 17.1 Å². The van der Waals surface area contributed by atoms with E-state index in [1.807, 2.05) is 55.8 Å². The molecule has 3 atom stereocenters. The molecule has 0 spiro atoms. The minimum absolute atomic E-state index is 0.124. The molecular weight excluding hydrogens is 462 g/mol. The lowest BCUT2D eigenvalue weighted by Crippen LogP contribution is -2.61. The second-order valence-electron chi connectivity index (χ2n) is 9.33. The molecule has 4 aromatic rings. The van der Waals surface area contributed by atoms with Crippen LogP contribution in [0, 0.1) is 5.92 Å². The van der Waals surface area contributed by atoms with Gasteiger partial charge in [0.2, 0.25) is 5.91 Å². The summed E-state index contributed by atoms with van der Waals surface area (Å²) in [6, 6.07) is 12.9. The van der Waals surface area contributed by atoms with E-state index in [1.165, 1.54) is 4.90 Å². The van der Waals surface area contributed by atoms with Crippen molar-refractivity contribution in [3.8, 4) is 11.1 Å². The van der Waals surface area contributed by atoms with Crippen molar-refractivity contribution < 1.29 is 9.59 Å². The number of aryl methyl sites for hydroxylation is 1. The number of fused-ring (bicyclic) bond motifs is 2. The van der Waals surface area contributed by atoms with Crippen LogP contribution < -0.4 is 10.2 Å². The van der Waals surface area contributed by atoms with Crippen molar-refractivity contribution in [2.24, 2.45) is 13.0 Å². The van der Waals surface area contributed by atoms with Crippen molar-refractivity contribution >= 4 is 40.0 Å². The molecule has 1 saturated heterocycles. The zero-order chi connectivity index (χ0) is 24.1. The lowest BCUT2D eigenvalue weighted by atomic mass is 9.73. The Hall–Kier alpha value is -3.71. The number of nitrogens with zero attached hydrogens (tertiary/aromatic N) is 4. The third-order valence-electron chi connectivity index (χ3n) is 7.26. The molecule has 35 heavy (non-hydrogen) atoms. The largest absolute Gasteiger partial charge is 0.334 e. The van der Waals surface area contributed by atoms with Crippen molar-refractivity contribution in [1.82, 2.24) is 20.1 Å². The number of carbonyl (C=O) groups is 2. The van der Waals surface area contributed by atoms with Gasteiger partial charge in [-0.25, -0.2) is 9.69 Å². The number of aromatic nitrogens is 3. The van der Waals surface area contributed by atoms with Gasteiger partial charge in [-0.15, -0.1) is 0 Å². The molecule has 3 amide bonds. The third kappa shape index (κ3) is 3.67. The molecule has 7 nitrogen and oxygen atoms in total. The van der Waals surface area contributed by atoms with E-state index in [0.717, 1.165) is 33.9 Å². The Balaban J connectivity index is 1.31. The van der Waals surface area contributed by atoms with Gasteiger partial charge in [-0.2, -0.15) is 5.10 Å². The molecule has 0 radical (unpaired) electrons. The highest BCUT2D eigenvalue weighted by molar-refractivity contribution is 6.32. The molecule has 8 heteroatoms. The van der Waals surface area contributed by atoms with Crippen LogP contribution in [0.4, 0.5) is 10.5 Å². The van der Waals surface area contributed by atoms with E-state index < -0.39 is 6.03 Å². The smallest absolute Gasteiger partial charge is 0.329 e. The number of urea groups is 1. The van der Waals surface area contributed by atoms with Crippen LogP contribution in [0.2, 0.25) is 5.02 Å². The van der Waals surface area contributed by atoms with E-state index in [0.29, 0.717) is 23.6 Å². The number of rotatable bonds is 3. The van der Waals surface area contributed by atoms with Gasteiger partial charge >= 0.3 is 6.03 Å². The fourth-order valence-corrected chi connectivity index (χ4v) is 5.98. The predicted octanol–water partition coefficient (Wildman–Crippen LogP) is 5.30. The Morgan fingerprint density at radius 1 is 1.03 bits per heavy atom. The van der Waals surface area contributed by atoms with Gasteiger partial charge in [0.25, 0.3) is 0 Å². The number of pyridine rings is 1. The first kappa shape index (κ1) is 21.8. The summed E-state index contributed by atoms with van der Waals surface area (Å²) in [5.74, 6) is -0.326. The standard InChI is InChI=1S/C27H24ClN5O2/c1-32-15-18(13-30-32)20-7-4-8-22(28)25(20)16-9-10-21-23(11-16)31-27(35)33(26(21)34)24-14-29-12-17-5-2-3-6-19(17)24/h2-8,12-16,21,23H,9-11H2,1H3,(H,31,35). The van der Waals surface area contributed by atoms with Gasteiger partial charge in [-0.3, -0.25) is 14.5 Å². The van der Waals surface area contributed by atoms with Gasteiger partial charge in [0, 0.05) is 46.8 Å². The summed E-state index contributed by atoms with van der Waals surface area (Å²) in [5.41, 5.74) is 3.63. The highest BCUT2D eigenvalue weighted by atomic mass is 35.5. The second kappa shape index (κ2) is 8.50. The number of halogens is 1. The SMILES string of the molecule is Cn1cc(-c2cccc(Cl)c2C2CCC3C(=O)N(c4cncc5ccccc45)C(=O)NC3C2)cn1. The average Bonchev–Trinajstić information content (AvgIpc) is 3.30. The predicted molar refractivity (Wildman–Crippen MR) is 135 cm³/mol. The van der Waals surface area contributed by atoms with Crippen LogP contribution in [0.5, 0.6) is 0 Å². The van der Waals surface area contributed by atoms with Crippen molar-refractivity contribution in [3.63, 3.8) is 0 Å². The van der Waals surface area contributed by atoms with Crippen LogP contribution in [0.15, 0.2) is 67.3 Å². The van der Waals surface area contributed by atoms with E-state index >= 15 is 0 Å². The van der Waals surface area contributed by atoms with E-state index in [9.17, 15) is 9.59 Å². The molecule has 1 N–H and O–H groups in total. The first-order chi connectivity index (χ1) is 17.0. The number of hydrogen-bond acceptors (Lipinski definition) is 4. The van der Waals surface area contributed by atoms with Gasteiger partial charge in [0.05, 0.1) is 24.0 Å². The molecule has 2 aromatic heterocycles. The Morgan fingerprint density at radius 2 is 1.89 bits per heavy atom. The fraction of sp³-hybridized carbons (Fsp3) is 0.259. The Kier molecular flexibility index (Phi) is 5.29. The molecule has 1 aliphatic carbocycles. The Morgan fingerprint density at radius 3 is 2.71 bits per heavy atom. The molecule has 6 rings (SSSR count). The van der Waals surface area contributed by atoms with Gasteiger partial charge < -0.3 is 5.32 Å². The van der Waals surface area contributed by atoms with Gasteiger partial charge in [-0.05, 0) is 42.4 Å². The van der Waals surface area contributed by atoms with Crippen molar-refractivity contribution in [2.45, 2.75) is 31.2 Å². The minimum Gasteiger partial charge on any atom is -0.334 e. The minimum atomic E-state index is -0.401. The molecule has 0 bridgehead atoms. The van der Waals surface area contributed by atoms with Crippen LogP contribution >= 0.6 is 11.6 Å². The van der Waals surface area contributed by atoms with Gasteiger partial charge in [0.1, 0.15) is 0 Å². The summed E-state index contributed by atoms with van der Waals surface area (Å²) in [7, 11) is 1.89. The summed E-state index contributed by atoms with van der Waals surface area (Å²) in [5, 5.41) is 9.85. The summed E-state index contributed by atoms with van der Waals surface area (Å²) in [6.45, 7) is 0.